The Labute approximate surface area is 337 Å². The zero-order chi connectivity index (χ0) is 40.6. The third-order valence-electron chi connectivity index (χ3n) is 11.9. The van der Waals surface area contributed by atoms with Crippen molar-refractivity contribution in [3.05, 3.63) is 47.4 Å². The molecule has 8 rings (SSSR count). The molecule has 6 heterocycles. The molecule has 0 aliphatic carbocycles. The van der Waals surface area contributed by atoms with Gasteiger partial charge in [0.1, 0.15) is 46.3 Å². The minimum absolute atomic E-state index is 0.0162. The Morgan fingerprint density at radius 1 is 1.04 bits per heavy atom. The first-order valence-corrected chi connectivity index (χ1v) is 20.5. The van der Waals surface area contributed by atoms with E-state index in [0.717, 1.165) is 32.2 Å². The summed E-state index contributed by atoms with van der Waals surface area (Å²) in [6.45, 7) is 14.6. The predicted molar refractivity (Wildman–Crippen MR) is 215 cm³/mol. The summed E-state index contributed by atoms with van der Waals surface area (Å²) in [6.07, 6.45) is 2.92. The van der Waals surface area contributed by atoms with E-state index in [4.69, 9.17) is 40.8 Å². The molecule has 2 bridgehead atoms. The van der Waals surface area contributed by atoms with E-state index in [1.54, 1.807) is 32.9 Å². The van der Waals surface area contributed by atoms with Gasteiger partial charge in [-0.2, -0.15) is 9.97 Å². The van der Waals surface area contributed by atoms with Gasteiger partial charge in [0.25, 0.3) is 0 Å². The molecule has 0 unspecified atom stereocenters. The fraction of sp³-hybridized carbons (Fsp3) is 0.558. The molecule has 4 aromatic rings. The van der Waals surface area contributed by atoms with Crippen molar-refractivity contribution < 1.29 is 32.6 Å². The van der Waals surface area contributed by atoms with E-state index in [1.807, 2.05) is 49.9 Å². The number of carbonyl (C=O) groups excluding carboxylic acids is 2. The molecule has 4 aliphatic heterocycles. The first-order valence-electron chi connectivity index (χ1n) is 20.1. The van der Waals surface area contributed by atoms with Crippen LogP contribution in [0.1, 0.15) is 87.0 Å². The molecule has 2 aromatic carbocycles. The molecule has 4 saturated heterocycles. The van der Waals surface area contributed by atoms with E-state index in [1.165, 1.54) is 0 Å². The molecular weight excluding hydrogens is 754 g/mol. The summed E-state index contributed by atoms with van der Waals surface area (Å²) < 4.78 is 50.4. The minimum Gasteiger partial charge on any atom is -0.461 e. The normalized spacial score (nSPS) is 25.0. The Morgan fingerprint density at radius 3 is 2.54 bits per heavy atom. The van der Waals surface area contributed by atoms with Gasteiger partial charge in [-0.3, -0.25) is 14.6 Å². The predicted octanol–water partition coefficient (Wildman–Crippen LogP) is 8.91. The van der Waals surface area contributed by atoms with Gasteiger partial charge < -0.3 is 19.1 Å². The zero-order valence-corrected chi connectivity index (χ0v) is 34.5. The van der Waals surface area contributed by atoms with Gasteiger partial charge in [-0.05, 0) is 103 Å². The Kier molecular flexibility index (Phi) is 10.0. The molecule has 0 N–H and O–H groups in total. The number of fused-ring (bicyclic) bond motifs is 5. The average molecular weight is 805 g/mol. The maximum absolute atomic E-state index is 17.5. The van der Waals surface area contributed by atoms with Crippen LogP contribution in [-0.4, -0.2) is 98.5 Å². The molecule has 14 heteroatoms. The Bertz CT molecular complexity index is 2250. The quantitative estimate of drug-likeness (QED) is 0.102. The number of carbonyl (C=O) groups is 2. The summed E-state index contributed by atoms with van der Waals surface area (Å²) in [4.78, 5) is 47.0. The van der Waals surface area contributed by atoms with Gasteiger partial charge in [0.05, 0.1) is 34.5 Å². The number of rotatable bonds is 7. The molecule has 0 radical (unpaired) electrons. The van der Waals surface area contributed by atoms with Gasteiger partial charge in [0.2, 0.25) is 0 Å². The summed E-state index contributed by atoms with van der Waals surface area (Å²) in [5, 5.41) is 1.59. The van der Waals surface area contributed by atoms with Crippen molar-refractivity contribution in [3.8, 4) is 23.0 Å². The summed E-state index contributed by atoms with van der Waals surface area (Å²) in [6, 6.07) is 10.1. The van der Waals surface area contributed by atoms with Crippen LogP contribution >= 0.6 is 11.6 Å². The third-order valence-corrected chi connectivity index (χ3v) is 12.2. The van der Waals surface area contributed by atoms with Crippen molar-refractivity contribution >= 4 is 51.2 Å². The van der Waals surface area contributed by atoms with Crippen LogP contribution in [0.5, 0.6) is 11.8 Å². The monoisotopic (exact) mass is 804 g/mol. The molecule has 11 nitrogen and oxygen atoms in total. The number of aromatic nitrogens is 3. The average Bonchev–Trinajstić information content (AvgIpc) is 3.78. The number of hydrogen-bond acceptors (Lipinski definition) is 10. The van der Waals surface area contributed by atoms with Crippen molar-refractivity contribution in [3.63, 3.8) is 0 Å². The van der Waals surface area contributed by atoms with E-state index in [2.05, 4.69) is 16.7 Å². The maximum atomic E-state index is 17.5. The van der Waals surface area contributed by atoms with E-state index in [-0.39, 0.29) is 64.3 Å². The lowest BCUT2D eigenvalue weighted by Crippen LogP contribution is -2.62. The number of benzene rings is 2. The van der Waals surface area contributed by atoms with Crippen LogP contribution in [0, 0.1) is 11.2 Å². The molecule has 1 amide bonds. The number of nitrogens with zero attached hydrogens (tertiary/aromatic N) is 6. The van der Waals surface area contributed by atoms with Gasteiger partial charge in [-0.25, -0.2) is 18.6 Å². The Hall–Kier alpha value is -4.36. The first kappa shape index (κ1) is 39.5. The van der Waals surface area contributed by atoms with Crippen molar-refractivity contribution in [2.75, 3.05) is 31.1 Å². The van der Waals surface area contributed by atoms with Gasteiger partial charge in [0.15, 0.2) is 5.82 Å². The number of anilines is 1. The number of halogens is 3. The van der Waals surface area contributed by atoms with Gasteiger partial charge in [0, 0.05) is 25.1 Å². The maximum Gasteiger partial charge on any atom is 0.410 e. The number of pyridine rings is 1. The fourth-order valence-electron chi connectivity index (χ4n) is 9.36. The summed E-state index contributed by atoms with van der Waals surface area (Å²) in [5.41, 5.74) is -1.73. The van der Waals surface area contributed by atoms with Crippen LogP contribution in [0.2, 0.25) is 5.15 Å². The van der Waals surface area contributed by atoms with Crippen molar-refractivity contribution in [1.29, 1.82) is 0 Å². The summed E-state index contributed by atoms with van der Waals surface area (Å²) in [5.74, 6) is -0.596. The number of piperazine rings is 1. The van der Waals surface area contributed by atoms with Crippen LogP contribution in [0.25, 0.3) is 32.9 Å². The molecule has 2 aromatic heterocycles. The number of alkyl halides is 1. The molecule has 4 aliphatic rings. The smallest absolute Gasteiger partial charge is 0.410 e. The lowest BCUT2D eigenvalue weighted by molar-refractivity contribution is -0.142. The number of hydrogen-bond donors (Lipinski definition) is 0. The van der Waals surface area contributed by atoms with E-state index < -0.39 is 34.5 Å². The lowest BCUT2D eigenvalue weighted by atomic mass is 9.95. The molecule has 5 atom stereocenters. The lowest BCUT2D eigenvalue weighted by Gasteiger charge is -2.47. The van der Waals surface area contributed by atoms with Crippen molar-refractivity contribution in [2.24, 2.45) is 5.41 Å². The molecular formula is C43H51ClF2N6O5. The Morgan fingerprint density at radius 2 is 1.81 bits per heavy atom. The number of esters is 1. The molecule has 304 valence electrons. The van der Waals surface area contributed by atoms with Crippen LogP contribution < -0.4 is 14.4 Å². The number of ether oxygens (including phenoxy) is 3. The van der Waals surface area contributed by atoms with Gasteiger partial charge >= 0.3 is 18.1 Å². The van der Waals surface area contributed by atoms with Crippen molar-refractivity contribution in [2.45, 2.75) is 122 Å². The standard InChI is InChI=1S/C43H51ClF2N6O5/c1-8-30-31-15-14-26(52(31)40(54)57-42(5,6)7)22-51(30)37-32-35(48-39(49-37)55-23-43-16-11-17-50(43)21-25(45)20-43)33(46)34(47-36(32)44)29-19-27(56-38(53)41(2,3)4)18-24-12-9-10-13-28(24)29/h9-10,12-13,18-19,25-26,30-31H,8,11,14-17,20-23H2,1-7H3/t25-,26-,30-,31+,43+/m1/s1. The Balaban J connectivity index is 1.27. The number of amides is 1. The van der Waals surface area contributed by atoms with Gasteiger partial charge in [-0.15, -0.1) is 0 Å². The second kappa shape index (κ2) is 14.5. The second-order valence-corrected chi connectivity index (χ2v) is 18.5. The van der Waals surface area contributed by atoms with Crippen LogP contribution in [0.4, 0.5) is 19.4 Å². The SMILES string of the molecule is CC[C@@H]1[C@@H]2CC[C@H](CN1c1nc(OC[C@@]34CCCN3C[C@H](F)C4)nc3c(F)c(-c4cc(OC(=O)C(C)(C)C)cc5ccccc45)nc(Cl)c13)N2C(=O)OC(C)(C)C. The first-order chi connectivity index (χ1) is 27.0. The molecule has 0 spiro atoms. The van der Waals surface area contributed by atoms with Crippen LogP contribution in [0.15, 0.2) is 36.4 Å². The zero-order valence-electron chi connectivity index (χ0n) is 33.7. The topological polar surface area (TPSA) is 110 Å². The summed E-state index contributed by atoms with van der Waals surface area (Å²) >= 11 is 7.15. The highest BCUT2D eigenvalue weighted by Gasteiger charge is 2.51. The highest BCUT2D eigenvalue weighted by Crippen LogP contribution is 2.45. The third kappa shape index (κ3) is 7.23. The van der Waals surface area contributed by atoms with Crippen LogP contribution in [0.3, 0.4) is 0 Å². The van der Waals surface area contributed by atoms with E-state index in [9.17, 15) is 14.0 Å². The minimum atomic E-state index is -0.956. The summed E-state index contributed by atoms with van der Waals surface area (Å²) in [7, 11) is 0. The van der Waals surface area contributed by atoms with Gasteiger partial charge in [-0.1, -0.05) is 42.8 Å². The van der Waals surface area contributed by atoms with E-state index in [0.29, 0.717) is 48.1 Å². The highest BCUT2D eigenvalue weighted by atomic mass is 35.5. The molecule has 4 fully saturated rings. The molecule has 57 heavy (non-hydrogen) atoms. The second-order valence-electron chi connectivity index (χ2n) is 18.1. The largest absolute Gasteiger partial charge is 0.461 e. The van der Waals surface area contributed by atoms with Crippen LogP contribution in [-0.2, 0) is 9.53 Å². The molecule has 0 saturated carbocycles. The fourth-order valence-corrected chi connectivity index (χ4v) is 9.62. The highest BCUT2D eigenvalue weighted by molar-refractivity contribution is 6.35. The van der Waals surface area contributed by atoms with Crippen molar-refractivity contribution in [1.82, 2.24) is 24.8 Å². The van der Waals surface area contributed by atoms with E-state index >= 15 is 4.39 Å².